The summed E-state index contributed by atoms with van der Waals surface area (Å²) in [7, 11) is 3.18. The number of ether oxygens (including phenoxy) is 1. The van der Waals surface area contributed by atoms with Gasteiger partial charge in [-0.1, -0.05) is 12.1 Å². The number of rotatable bonds is 6. The highest BCUT2D eigenvalue weighted by Gasteiger charge is 2.27. The minimum Gasteiger partial charge on any atom is -0.497 e. The maximum atomic E-state index is 12.4. The van der Waals surface area contributed by atoms with E-state index in [2.05, 4.69) is 6.58 Å². The molecule has 0 fully saturated rings. The number of likely N-dealkylation sites (N-methyl/N-ethyl adjacent to an activating group) is 1. The van der Waals surface area contributed by atoms with Crippen molar-refractivity contribution in [1.82, 2.24) is 4.90 Å². The standard InChI is InChI=1S/C12H16BF3NO/c1-10(13(14,15)16)8-17(2)9-11-5-4-6-12(7-11)18-3/h4-7H,1,8-9H2,2-3H3/q-1. The zero-order valence-electron chi connectivity index (χ0n) is 10.5. The number of benzene rings is 1. The number of hydrogen-bond acceptors (Lipinski definition) is 2. The van der Waals surface area contributed by atoms with E-state index in [-0.39, 0.29) is 6.54 Å². The summed E-state index contributed by atoms with van der Waals surface area (Å²) in [6.07, 6.45) is 0. The first-order valence-electron chi connectivity index (χ1n) is 5.52. The van der Waals surface area contributed by atoms with Crippen LogP contribution in [0.5, 0.6) is 5.75 Å². The zero-order chi connectivity index (χ0) is 13.8. The molecule has 0 aliphatic heterocycles. The van der Waals surface area contributed by atoms with Crippen LogP contribution in [-0.2, 0) is 6.54 Å². The molecule has 0 aliphatic carbocycles. The molecule has 0 amide bonds. The number of methoxy groups -OCH3 is 1. The highest BCUT2D eigenvalue weighted by atomic mass is 19.4. The first-order chi connectivity index (χ1) is 8.32. The summed E-state index contributed by atoms with van der Waals surface area (Å²) in [6.45, 7) is -1.64. The molecule has 0 aliphatic rings. The Bertz CT molecular complexity index is 420. The minimum absolute atomic E-state index is 0.180. The Labute approximate surface area is 105 Å². The normalized spacial score (nSPS) is 11.7. The molecule has 0 saturated carbocycles. The maximum absolute atomic E-state index is 12.4. The molecule has 6 heteroatoms. The van der Waals surface area contributed by atoms with E-state index in [1.165, 1.54) is 0 Å². The second-order valence-electron chi connectivity index (χ2n) is 4.26. The van der Waals surface area contributed by atoms with E-state index in [4.69, 9.17) is 4.74 Å². The molecule has 1 aromatic carbocycles. The third-order valence-corrected chi connectivity index (χ3v) is 2.52. The van der Waals surface area contributed by atoms with Gasteiger partial charge in [-0.25, -0.2) is 0 Å². The lowest BCUT2D eigenvalue weighted by atomic mass is 9.80. The molecule has 0 bridgehead atoms. The molecule has 0 atom stereocenters. The molecule has 0 saturated heterocycles. The molecular weight excluding hydrogens is 242 g/mol. The molecular formula is C12H16BF3NO-. The van der Waals surface area contributed by atoms with E-state index in [0.717, 1.165) is 5.56 Å². The van der Waals surface area contributed by atoms with Gasteiger partial charge in [0.2, 0.25) is 0 Å². The van der Waals surface area contributed by atoms with Gasteiger partial charge >= 0.3 is 6.98 Å². The van der Waals surface area contributed by atoms with Gasteiger partial charge < -0.3 is 22.6 Å². The number of halogens is 3. The summed E-state index contributed by atoms with van der Waals surface area (Å²) in [5.74, 6) is 0.694. The lowest BCUT2D eigenvalue weighted by molar-refractivity contribution is 0.349. The zero-order valence-corrected chi connectivity index (χ0v) is 10.5. The predicted molar refractivity (Wildman–Crippen MR) is 67.5 cm³/mol. The highest BCUT2D eigenvalue weighted by Crippen LogP contribution is 2.20. The summed E-state index contributed by atoms with van der Waals surface area (Å²) in [5.41, 5.74) is 0.222. The SMILES string of the molecule is C=C(CN(C)Cc1cccc(OC)c1)[B-](F)(F)F. The second kappa shape index (κ2) is 5.95. The van der Waals surface area contributed by atoms with Gasteiger partial charge in [0.1, 0.15) is 5.75 Å². The van der Waals surface area contributed by atoms with Crippen molar-refractivity contribution in [2.75, 3.05) is 20.7 Å². The molecule has 0 unspecified atom stereocenters. The Hall–Kier alpha value is -1.43. The molecule has 0 spiro atoms. The Morgan fingerprint density at radius 2 is 2.06 bits per heavy atom. The molecule has 100 valence electrons. The van der Waals surface area contributed by atoms with Crippen molar-refractivity contribution in [3.8, 4) is 5.75 Å². The van der Waals surface area contributed by atoms with Crippen LogP contribution in [0.25, 0.3) is 0 Å². The summed E-state index contributed by atoms with van der Waals surface area (Å²) >= 11 is 0. The third-order valence-electron chi connectivity index (χ3n) is 2.52. The molecule has 0 heterocycles. The Balaban J connectivity index is 2.59. The van der Waals surface area contributed by atoms with E-state index in [1.807, 2.05) is 12.1 Å². The van der Waals surface area contributed by atoms with Gasteiger partial charge in [-0.05, 0) is 31.3 Å². The molecule has 0 N–H and O–H groups in total. The third kappa shape index (κ3) is 4.45. The van der Waals surface area contributed by atoms with Crippen LogP contribution in [0.15, 0.2) is 36.3 Å². The van der Waals surface area contributed by atoms with Crippen molar-refractivity contribution in [3.05, 3.63) is 41.9 Å². The predicted octanol–water partition coefficient (Wildman–Crippen LogP) is 3.07. The van der Waals surface area contributed by atoms with E-state index in [0.29, 0.717) is 12.3 Å². The van der Waals surface area contributed by atoms with Crippen LogP contribution in [0.2, 0.25) is 0 Å². The van der Waals surface area contributed by atoms with E-state index in [1.54, 1.807) is 31.2 Å². The van der Waals surface area contributed by atoms with Crippen molar-refractivity contribution in [1.29, 1.82) is 0 Å². The first-order valence-corrected chi connectivity index (χ1v) is 5.52. The summed E-state index contributed by atoms with van der Waals surface area (Å²) in [6, 6.07) is 7.25. The van der Waals surface area contributed by atoms with Gasteiger partial charge in [-0.2, -0.15) is 0 Å². The van der Waals surface area contributed by atoms with Crippen LogP contribution >= 0.6 is 0 Å². The van der Waals surface area contributed by atoms with Crippen LogP contribution < -0.4 is 4.74 Å². The summed E-state index contributed by atoms with van der Waals surface area (Å²) in [5, 5.41) is 0. The molecule has 1 rings (SSSR count). The van der Waals surface area contributed by atoms with Crippen LogP contribution in [0.4, 0.5) is 12.9 Å². The fourth-order valence-corrected chi connectivity index (χ4v) is 1.59. The molecule has 1 aromatic rings. The van der Waals surface area contributed by atoms with E-state index in [9.17, 15) is 12.9 Å². The Kier molecular flexibility index (Phi) is 4.84. The van der Waals surface area contributed by atoms with Crippen LogP contribution in [0.1, 0.15) is 5.56 Å². The van der Waals surface area contributed by atoms with Gasteiger partial charge in [0.05, 0.1) is 7.11 Å². The molecule has 0 radical (unpaired) electrons. The van der Waals surface area contributed by atoms with Gasteiger partial charge in [0.25, 0.3) is 0 Å². The number of nitrogens with zero attached hydrogens (tertiary/aromatic N) is 1. The molecule has 0 aromatic heterocycles. The van der Waals surface area contributed by atoms with Gasteiger partial charge in [0, 0.05) is 6.54 Å². The van der Waals surface area contributed by atoms with E-state index >= 15 is 0 Å². The highest BCUT2D eigenvalue weighted by molar-refractivity contribution is 6.66. The lowest BCUT2D eigenvalue weighted by Crippen LogP contribution is -2.29. The second-order valence-corrected chi connectivity index (χ2v) is 4.26. The fourth-order valence-electron chi connectivity index (χ4n) is 1.59. The molecule has 2 nitrogen and oxygen atoms in total. The largest absolute Gasteiger partial charge is 0.506 e. The monoisotopic (exact) mass is 258 g/mol. The summed E-state index contributed by atoms with van der Waals surface area (Å²) < 4.78 is 42.2. The van der Waals surface area contributed by atoms with Crippen molar-refractivity contribution in [2.24, 2.45) is 0 Å². The van der Waals surface area contributed by atoms with Crippen molar-refractivity contribution in [3.63, 3.8) is 0 Å². The first kappa shape index (κ1) is 14.6. The summed E-state index contributed by atoms with van der Waals surface area (Å²) in [4.78, 5) is 1.58. The fraction of sp³-hybridized carbons (Fsp3) is 0.333. The van der Waals surface area contributed by atoms with Crippen molar-refractivity contribution >= 4 is 6.98 Å². The van der Waals surface area contributed by atoms with E-state index < -0.39 is 12.4 Å². The molecule has 18 heavy (non-hydrogen) atoms. The van der Waals surface area contributed by atoms with Crippen LogP contribution in [0.3, 0.4) is 0 Å². The average Bonchev–Trinajstić information content (AvgIpc) is 2.27. The van der Waals surface area contributed by atoms with Gasteiger partial charge in [0.15, 0.2) is 0 Å². The van der Waals surface area contributed by atoms with Crippen molar-refractivity contribution in [2.45, 2.75) is 6.54 Å². The topological polar surface area (TPSA) is 12.5 Å². The average molecular weight is 258 g/mol. The van der Waals surface area contributed by atoms with Crippen molar-refractivity contribution < 1.29 is 17.7 Å². The Morgan fingerprint density at radius 3 is 2.61 bits per heavy atom. The van der Waals surface area contributed by atoms with Crippen LogP contribution in [-0.4, -0.2) is 32.6 Å². The smallest absolute Gasteiger partial charge is 0.497 e. The lowest BCUT2D eigenvalue weighted by Gasteiger charge is -2.24. The quantitative estimate of drug-likeness (QED) is 0.727. The van der Waals surface area contributed by atoms with Crippen LogP contribution in [0, 0.1) is 0 Å². The van der Waals surface area contributed by atoms with Gasteiger partial charge in [-0.15, -0.1) is 12.1 Å². The number of hydrogen-bond donors (Lipinski definition) is 0. The van der Waals surface area contributed by atoms with Gasteiger partial charge in [-0.3, -0.25) is 0 Å². The minimum atomic E-state index is -4.96. The Morgan fingerprint density at radius 1 is 1.39 bits per heavy atom. The maximum Gasteiger partial charge on any atom is 0.506 e.